The van der Waals surface area contributed by atoms with Gasteiger partial charge in [0.15, 0.2) is 0 Å². The molecule has 2 aliphatic rings. The van der Waals surface area contributed by atoms with E-state index in [2.05, 4.69) is 0 Å². The molecule has 5 nitrogen and oxygen atoms in total. The number of hydrogen-bond acceptors (Lipinski definition) is 4. The molecular weight excluding hydrogens is 222 g/mol. The van der Waals surface area contributed by atoms with Gasteiger partial charge in [-0.25, -0.2) is 0 Å². The number of fused-ring (bicyclic) bond motifs is 1. The number of imide groups is 1. The first-order chi connectivity index (χ1) is 8.15. The van der Waals surface area contributed by atoms with E-state index in [1.165, 1.54) is 4.90 Å². The van der Waals surface area contributed by atoms with Gasteiger partial charge in [0.2, 0.25) is 11.8 Å². The lowest BCUT2D eigenvalue weighted by atomic mass is 10.0. The minimum absolute atomic E-state index is 0.0706. The van der Waals surface area contributed by atoms with Gasteiger partial charge in [0.1, 0.15) is 5.92 Å². The Morgan fingerprint density at radius 3 is 2.88 bits per heavy atom. The molecule has 0 aliphatic carbocycles. The molecule has 2 aliphatic heterocycles. The van der Waals surface area contributed by atoms with Gasteiger partial charge in [-0.2, -0.15) is 0 Å². The molecule has 0 aromatic heterocycles. The van der Waals surface area contributed by atoms with E-state index >= 15 is 0 Å². The lowest BCUT2D eigenvalue weighted by Crippen LogP contribution is -2.34. The number of ether oxygens (including phenoxy) is 1. The number of amides is 2. The van der Waals surface area contributed by atoms with Crippen LogP contribution >= 0.6 is 0 Å². The van der Waals surface area contributed by atoms with Crippen LogP contribution in [0, 0.1) is 5.92 Å². The second-order valence-electron chi connectivity index (χ2n) is 4.60. The highest BCUT2D eigenvalue weighted by atomic mass is 16.5. The van der Waals surface area contributed by atoms with Crippen molar-refractivity contribution >= 4 is 17.8 Å². The zero-order valence-electron chi connectivity index (χ0n) is 9.98. The summed E-state index contributed by atoms with van der Waals surface area (Å²) in [6.45, 7) is 2.36. The van der Waals surface area contributed by atoms with E-state index in [4.69, 9.17) is 4.74 Å². The van der Waals surface area contributed by atoms with Crippen molar-refractivity contribution in [3.63, 3.8) is 0 Å². The van der Waals surface area contributed by atoms with Crippen molar-refractivity contribution in [2.45, 2.75) is 45.1 Å². The van der Waals surface area contributed by atoms with Gasteiger partial charge in [-0.1, -0.05) is 13.3 Å². The summed E-state index contributed by atoms with van der Waals surface area (Å²) in [5, 5.41) is 0. The minimum atomic E-state index is -0.749. The van der Waals surface area contributed by atoms with E-state index in [1.54, 1.807) is 0 Å². The topological polar surface area (TPSA) is 63.7 Å². The highest BCUT2D eigenvalue weighted by molar-refractivity contribution is 6.08. The third kappa shape index (κ3) is 2.18. The van der Waals surface area contributed by atoms with Crippen LogP contribution in [0.5, 0.6) is 0 Å². The smallest absolute Gasteiger partial charge is 0.318 e. The van der Waals surface area contributed by atoms with Crippen LogP contribution in [-0.4, -0.2) is 35.3 Å². The molecule has 0 spiro atoms. The predicted octanol–water partition coefficient (Wildman–Crippen LogP) is 0.867. The number of unbranched alkanes of at least 4 members (excludes halogenated alkanes) is 1. The fraction of sp³-hybridized carbons (Fsp3) is 0.750. The van der Waals surface area contributed by atoms with Gasteiger partial charge in [-0.3, -0.25) is 19.3 Å². The summed E-state index contributed by atoms with van der Waals surface area (Å²) in [4.78, 5) is 36.3. The monoisotopic (exact) mass is 239 g/mol. The van der Waals surface area contributed by atoms with Crippen molar-refractivity contribution in [3.8, 4) is 0 Å². The molecule has 0 aromatic rings. The quantitative estimate of drug-likeness (QED) is 0.316. The van der Waals surface area contributed by atoms with Crippen molar-refractivity contribution in [1.29, 1.82) is 0 Å². The highest BCUT2D eigenvalue weighted by Gasteiger charge is 2.49. The minimum Gasteiger partial charge on any atom is -0.465 e. The van der Waals surface area contributed by atoms with Crippen LogP contribution in [0.25, 0.3) is 0 Å². The van der Waals surface area contributed by atoms with Crippen molar-refractivity contribution in [3.05, 3.63) is 0 Å². The number of carbonyl (C=O) groups excluding carboxylic acids is 3. The normalized spacial score (nSPS) is 27.5. The molecule has 94 valence electrons. The number of esters is 1. The van der Waals surface area contributed by atoms with Gasteiger partial charge in [0.05, 0.1) is 6.61 Å². The Labute approximate surface area is 100 Å². The maximum Gasteiger partial charge on any atom is 0.318 e. The Kier molecular flexibility index (Phi) is 3.45. The van der Waals surface area contributed by atoms with Crippen molar-refractivity contribution in [2.75, 3.05) is 6.61 Å². The summed E-state index contributed by atoms with van der Waals surface area (Å²) in [5.74, 6) is -1.73. The molecule has 0 aromatic carbocycles. The number of hydrogen-bond donors (Lipinski definition) is 0. The summed E-state index contributed by atoms with van der Waals surface area (Å²) >= 11 is 0. The first-order valence-electron chi connectivity index (χ1n) is 6.17. The maximum absolute atomic E-state index is 11.9. The van der Waals surface area contributed by atoms with Gasteiger partial charge in [-0.15, -0.1) is 0 Å². The number of carbonyl (C=O) groups is 3. The van der Waals surface area contributed by atoms with Crippen molar-refractivity contribution < 1.29 is 19.1 Å². The van der Waals surface area contributed by atoms with E-state index < -0.39 is 11.9 Å². The predicted molar refractivity (Wildman–Crippen MR) is 58.8 cm³/mol. The third-order valence-corrected chi connectivity index (χ3v) is 3.40. The van der Waals surface area contributed by atoms with E-state index in [1.807, 2.05) is 6.92 Å². The summed E-state index contributed by atoms with van der Waals surface area (Å²) < 4.78 is 5.04. The highest BCUT2D eigenvalue weighted by Crippen LogP contribution is 2.33. The van der Waals surface area contributed by atoms with Crippen LogP contribution in [0.15, 0.2) is 0 Å². The van der Waals surface area contributed by atoms with E-state index in [0.717, 1.165) is 12.8 Å². The van der Waals surface area contributed by atoms with Crippen molar-refractivity contribution in [2.24, 2.45) is 5.92 Å². The van der Waals surface area contributed by atoms with Gasteiger partial charge in [0, 0.05) is 12.5 Å². The van der Waals surface area contributed by atoms with Gasteiger partial charge < -0.3 is 4.74 Å². The summed E-state index contributed by atoms with van der Waals surface area (Å²) in [5.41, 5.74) is 0. The van der Waals surface area contributed by atoms with E-state index in [-0.39, 0.29) is 17.9 Å². The van der Waals surface area contributed by atoms with Crippen LogP contribution in [0.1, 0.15) is 39.0 Å². The largest absolute Gasteiger partial charge is 0.465 e. The standard InChI is InChI=1S/C12H17NO4/c1-2-3-6-17-12(16)9-7-8-4-5-10(14)13(8)11(9)15/h8-9H,2-7H2,1H3. The average Bonchev–Trinajstić information content (AvgIpc) is 2.81. The van der Waals surface area contributed by atoms with Crippen molar-refractivity contribution in [1.82, 2.24) is 4.90 Å². The molecule has 5 heteroatoms. The Morgan fingerprint density at radius 2 is 2.24 bits per heavy atom. The lowest BCUT2D eigenvalue weighted by molar-refractivity contribution is -0.154. The Morgan fingerprint density at radius 1 is 1.47 bits per heavy atom. The molecule has 2 atom stereocenters. The average molecular weight is 239 g/mol. The van der Waals surface area contributed by atoms with E-state index in [9.17, 15) is 14.4 Å². The molecule has 2 unspecified atom stereocenters. The summed E-state index contributed by atoms with van der Waals surface area (Å²) in [6, 6.07) is -0.0706. The zero-order chi connectivity index (χ0) is 12.4. The molecule has 17 heavy (non-hydrogen) atoms. The second-order valence-corrected chi connectivity index (χ2v) is 4.60. The molecule has 0 radical (unpaired) electrons. The first kappa shape index (κ1) is 12.1. The summed E-state index contributed by atoms with van der Waals surface area (Å²) in [7, 11) is 0. The fourth-order valence-corrected chi connectivity index (χ4v) is 2.42. The molecular formula is C12H17NO4. The first-order valence-corrected chi connectivity index (χ1v) is 6.17. The van der Waals surface area contributed by atoms with Gasteiger partial charge in [-0.05, 0) is 19.3 Å². The number of rotatable bonds is 4. The Bertz CT molecular complexity index is 352. The van der Waals surface area contributed by atoms with Gasteiger partial charge in [0.25, 0.3) is 0 Å². The lowest BCUT2D eigenvalue weighted by Gasteiger charge is -2.12. The van der Waals surface area contributed by atoms with Crippen LogP contribution in [-0.2, 0) is 19.1 Å². The molecule has 0 saturated carbocycles. The van der Waals surface area contributed by atoms with Crippen LogP contribution in [0.2, 0.25) is 0 Å². The SMILES string of the molecule is CCCCOC(=O)C1CC2CCC(=O)N2C1=O. The molecule has 2 fully saturated rings. The number of nitrogens with zero attached hydrogens (tertiary/aromatic N) is 1. The van der Waals surface area contributed by atoms with E-state index in [0.29, 0.717) is 25.9 Å². The van der Waals surface area contributed by atoms with Crippen LogP contribution < -0.4 is 0 Å². The Hall–Kier alpha value is -1.39. The maximum atomic E-state index is 11.9. The molecule has 2 saturated heterocycles. The molecule has 2 heterocycles. The van der Waals surface area contributed by atoms with Crippen LogP contribution in [0.3, 0.4) is 0 Å². The summed E-state index contributed by atoms with van der Waals surface area (Å²) in [6.07, 6.45) is 3.30. The fourth-order valence-electron chi connectivity index (χ4n) is 2.42. The Balaban J connectivity index is 1.93. The van der Waals surface area contributed by atoms with Crippen LogP contribution in [0.4, 0.5) is 0 Å². The van der Waals surface area contributed by atoms with Gasteiger partial charge >= 0.3 is 5.97 Å². The molecule has 2 amide bonds. The molecule has 0 bridgehead atoms. The second kappa shape index (κ2) is 4.85. The molecule has 2 rings (SSSR count). The molecule has 0 N–H and O–H groups in total. The zero-order valence-corrected chi connectivity index (χ0v) is 9.98. The third-order valence-electron chi connectivity index (χ3n) is 3.40.